The second-order valence-corrected chi connectivity index (χ2v) is 8.78. The van der Waals surface area contributed by atoms with Gasteiger partial charge in [0, 0.05) is 35.9 Å². The van der Waals surface area contributed by atoms with Crippen LogP contribution < -0.4 is 10.2 Å². The summed E-state index contributed by atoms with van der Waals surface area (Å²) in [6.45, 7) is 7.26. The molecule has 0 radical (unpaired) electrons. The highest BCUT2D eigenvalue weighted by Gasteiger charge is 2.17. The second-order valence-electron chi connectivity index (χ2n) is 7.95. The Balaban J connectivity index is 1.29. The monoisotopic (exact) mass is 449 g/mol. The molecule has 0 saturated carbocycles. The quantitative estimate of drug-likeness (QED) is 0.477. The summed E-state index contributed by atoms with van der Waals surface area (Å²) in [5, 5.41) is 10.8. The van der Waals surface area contributed by atoms with Gasteiger partial charge in [0.2, 0.25) is 0 Å². The highest BCUT2D eigenvalue weighted by Crippen LogP contribution is 2.29. The fraction of sp³-hybridized carbons (Fsp3) is 0.304. The molecule has 0 spiro atoms. The van der Waals surface area contributed by atoms with Gasteiger partial charge in [0.05, 0.1) is 35.6 Å². The van der Waals surface area contributed by atoms with Crippen LogP contribution in [0.5, 0.6) is 0 Å². The summed E-state index contributed by atoms with van der Waals surface area (Å²) < 4.78 is 10.7. The lowest BCUT2D eigenvalue weighted by Crippen LogP contribution is -2.36. The maximum atomic E-state index is 12.8. The fourth-order valence-corrected chi connectivity index (χ4v) is 4.50. The van der Waals surface area contributed by atoms with Crippen LogP contribution in [0.1, 0.15) is 35.8 Å². The lowest BCUT2D eigenvalue weighted by atomic mass is 10.1. The van der Waals surface area contributed by atoms with Gasteiger partial charge in [0.15, 0.2) is 5.13 Å². The number of fused-ring (bicyclic) bond motifs is 1. The molecule has 8 nitrogen and oxygen atoms in total. The van der Waals surface area contributed by atoms with Gasteiger partial charge < -0.3 is 19.5 Å². The molecule has 1 aromatic carbocycles. The number of amides is 1. The topological polar surface area (TPSA) is 93.4 Å². The molecule has 32 heavy (non-hydrogen) atoms. The summed E-state index contributed by atoms with van der Waals surface area (Å²) in [5.41, 5.74) is 4.34. The third-order valence-electron chi connectivity index (χ3n) is 5.38. The smallest absolute Gasteiger partial charge is 0.257 e. The van der Waals surface area contributed by atoms with E-state index in [0.717, 1.165) is 53.8 Å². The minimum absolute atomic E-state index is 0.179. The van der Waals surface area contributed by atoms with Crippen molar-refractivity contribution >= 4 is 39.2 Å². The number of benzene rings is 1. The van der Waals surface area contributed by atoms with Crippen molar-refractivity contribution in [3.63, 3.8) is 0 Å². The minimum Gasteiger partial charge on any atom is -0.378 e. The lowest BCUT2D eigenvalue weighted by molar-refractivity contribution is 0.102. The van der Waals surface area contributed by atoms with Gasteiger partial charge in [-0.15, -0.1) is 11.3 Å². The van der Waals surface area contributed by atoms with Crippen LogP contribution in [0.2, 0.25) is 0 Å². The van der Waals surface area contributed by atoms with Crippen molar-refractivity contribution < 1.29 is 14.1 Å². The molecular formula is C23H23N5O3S. The van der Waals surface area contributed by atoms with E-state index in [2.05, 4.69) is 25.7 Å². The minimum atomic E-state index is -0.230. The average Bonchev–Trinajstić information content (AvgIpc) is 3.47. The molecule has 1 fully saturated rings. The molecule has 9 heteroatoms. The number of pyridine rings is 1. The van der Waals surface area contributed by atoms with E-state index in [-0.39, 0.29) is 11.8 Å². The van der Waals surface area contributed by atoms with E-state index in [1.165, 1.54) is 6.20 Å². The Hall–Kier alpha value is -3.30. The van der Waals surface area contributed by atoms with E-state index in [4.69, 9.17) is 14.2 Å². The number of ether oxygens (including phenoxy) is 1. The predicted octanol–water partition coefficient (Wildman–Crippen LogP) is 4.56. The van der Waals surface area contributed by atoms with Gasteiger partial charge in [-0.05, 0) is 24.1 Å². The number of morpholine rings is 1. The summed E-state index contributed by atoms with van der Waals surface area (Å²) in [5.74, 6) is -0.0512. The van der Waals surface area contributed by atoms with Crippen molar-refractivity contribution in [3.05, 3.63) is 53.2 Å². The SMILES string of the molecule is CC(C)c1noc2ncc(C(=O)Nc3ccc(-c4csc(N5CCOCC5)n4)cc3)cc12. The van der Waals surface area contributed by atoms with E-state index in [9.17, 15) is 4.79 Å². The van der Waals surface area contributed by atoms with E-state index in [1.54, 1.807) is 17.4 Å². The highest BCUT2D eigenvalue weighted by molar-refractivity contribution is 7.14. The molecule has 164 valence electrons. The molecule has 3 aromatic heterocycles. The van der Waals surface area contributed by atoms with E-state index in [0.29, 0.717) is 17.0 Å². The summed E-state index contributed by atoms with van der Waals surface area (Å²) in [7, 11) is 0. The van der Waals surface area contributed by atoms with Crippen LogP contribution in [0.4, 0.5) is 10.8 Å². The number of hydrogen-bond donors (Lipinski definition) is 1. The zero-order valence-electron chi connectivity index (χ0n) is 17.9. The number of carbonyl (C=O) groups is 1. The Kier molecular flexibility index (Phi) is 5.59. The lowest BCUT2D eigenvalue weighted by Gasteiger charge is -2.26. The average molecular weight is 450 g/mol. The van der Waals surface area contributed by atoms with Gasteiger partial charge >= 0.3 is 0 Å². The van der Waals surface area contributed by atoms with Gasteiger partial charge in [-0.25, -0.2) is 9.97 Å². The first kappa shape index (κ1) is 20.6. The maximum Gasteiger partial charge on any atom is 0.257 e. The maximum absolute atomic E-state index is 12.8. The Morgan fingerprint density at radius 2 is 1.97 bits per heavy atom. The Morgan fingerprint density at radius 3 is 2.72 bits per heavy atom. The first-order valence-electron chi connectivity index (χ1n) is 10.5. The molecule has 0 bridgehead atoms. The first-order valence-corrected chi connectivity index (χ1v) is 11.4. The molecule has 1 N–H and O–H groups in total. The number of nitrogens with one attached hydrogen (secondary N) is 1. The molecular weight excluding hydrogens is 426 g/mol. The van der Waals surface area contributed by atoms with Crippen molar-refractivity contribution in [2.24, 2.45) is 0 Å². The molecule has 5 rings (SSSR count). The van der Waals surface area contributed by atoms with Crippen LogP contribution >= 0.6 is 11.3 Å². The summed E-state index contributed by atoms with van der Waals surface area (Å²) in [6.07, 6.45) is 1.50. The Labute approximate surface area is 189 Å². The third kappa shape index (κ3) is 4.09. The summed E-state index contributed by atoms with van der Waals surface area (Å²) >= 11 is 1.64. The van der Waals surface area contributed by atoms with Crippen LogP contribution in [0.15, 0.2) is 46.4 Å². The van der Waals surface area contributed by atoms with Crippen molar-refractivity contribution in [2.75, 3.05) is 36.5 Å². The van der Waals surface area contributed by atoms with Gasteiger partial charge in [0.25, 0.3) is 11.6 Å². The Bertz CT molecular complexity index is 1240. The number of nitrogens with zero attached hydrogens (tertiary/aromatic N) is 4. The zero-order valence-corrected chi connectivity index (χ0v) is 18.7. The largest absolute Gasteiger partial charge is 0.378 e. The van der Waals surface area contributed by atoms with E-state index in [1.807, 2.05) is 38.1 Å². The van der Waals surface area contributed by atoms with E-state index < -0.39 is 0 Å². The standard InChI is InChI=1S/C23H23N5O3S/c1-14(2)20-18-11-16(12-24-22(18)31-27-20)21(29)25-17-5-3-15(4-6-17)19-13-32-23(26-19)28-7-9-30-10-8-28/h3-6,11-14H,7-10H2,1-2H3,(H,25,29). The number of rotatable bonds is 5. The molecule has 0 atom stereocenters. The molecule has 1 amide bonds. The number of carbonyl (C=O) groups excluding carboxylic acids is 1. The second kappa shape index (κ2) is 8.68. The summed E-state index contributed by atoms with van der Waals surface area (Å²) in [6, 6.07) is 9.47. The predicted molar refractivity (Wildman–Crippen MR) is 124 cm³/mol. The van der Waals surface area contributed by atoms with Crippen LogP contribution in [0.3, 0.4) is 0 Å². The molecule has 0 aliphatic carbocycles. The number of anilines is 2. The number of aromatic nitrogens is 3. The number of thiazole rings is 1. The zero-order chi connectivity index (χ0) is 22.1. The Morgan fingerprint density at radius 1 is 1.19 bits per heavy atom. The first-order chi connectivity index (χ1) is 15.6. The molecule has 4 aromatic rings. The molecule has 0 unspecified atom stereocenters. The molecule has 1 saturated heterocycles. The van der Waals surface area contributed by atoms with Crippen LogP contribution in [-0.4, -0.2) is 47.3 Å². The van der Waals surface area contributed by atoms with Gasteiger partial charge in [-0.2, -0.15) is 0 Å². The molecule has 4 heterocycles. The van der Waals surface area contributed by atoms with Crippen molar-refractivity contribution in [3.8, 4) is 11.3 Å². The number of hydrogen-bond acceptors (Lipinski definition) is 8. The molecule has 1 aliphatic heterocycles. The fourth-order valence-electron chi connectivity index (χ4n) is 3.61. The van der Waals surface area contributed by atoms with Crippen LogP contribution in [0.25, 0.3) is 22.4 Å². The highest BCUT2D eigenvalue weighted by atomic mass is 32.1. The van der Waals surface area contributed by atoms with Crippen LogP contribution in [0, 0.1) is 0 Å². The summed E-state index contributed by atoms with van der Waals surface area (Å²) in [4.78, 5) is 24.0. The molecule has 1 aliphatic rings. The van der Waals surface area contributed by atoms with Crippen molar-refractivity contribution in [1.29, 1.82) is 0 Å². The van der Waals surface area contributed by atoms with Crippen molar-refractivity contribution in [1.82, 2.24) is 15.1 Å². The van der Waals surface area contributed by atoms with Crippen molar-refractivity contribution in [2.45, 2.75) is 19.8 Å². The van der Waals surface area contributed by atoms with Gasteiger partial charge in [-0.1, -0.05) is 31.1 Å². The van der Waals surface area contributed by atoms with Gasteiger partial charge in [-0.3, -0.25) is 4.79 Å². The van der Waals surface area contributed by atoms with E-state index >= 15 is 0 Å². The van der Waals surface area contributed by atoms with Gasteiger partial charge in [0.1, 0.15) is 0 Å². The third-order valence-corrected chi connectivity index (χ3v) is 6.28. The van der Waals surface area contributed by atoms with Crippen LogP contribution in [-0.2, 0) is 4.74 Å². The normalized spacial score (nSPS) is 14.3.